The number of likely N-dealkylation sites (N-methyl/N-ethyl adjacent to an activating group) is 2. The van der Waals surface area contributed by atoms with E-state index in [1.807, 2.05) is 13.0 Å². The predicted molar refractivity (Wildman–Crippen MR) is 75.8 cm³/mol. The van der Waals surface area contributed by atoms with Gasteiger partial charge in [0, 0.05) is 38.4 Å². The number of hydrogen-bond donors (Lipinski definition) is 2. The molecule has 1 aliphatic heterocycles. The minimum atomic E-state index is 0.505. The van der Waals surface area contributed by atoms with Crippen LogP contribution in [-0.2, 0) is 0 Å². The molecule has 0 radical (unpaired) electrons. The molecule has 5 nitrogen and oxygen atoms in total. The van der Waals surface area contributed by atoms with Crippen LogP contribution in [-0.4, -0.2) is 61.1 Å². The lowest BCUT2D eigenvalue weighted by Gasteiger charge is -2.37. The van der Waals surface area contributed by atoms with Crippen LogP contribution in [0.15, 0.2) is 12.3 Å². The number of rotatable bonds is 3. The van der Waals surface area contributed by atoms with Gasteiger partial charge < -0.3 is 16.0 Å². The van der Waals surface area contributed by atoms with E-state index >= 15 is 0 Å². The van der Waals surface area contributed by atoms with E-state index in [2.05, 4.69) is 34.2 Å². The minimum Gasteiger partial charge on any atom is -0.396 e. The molecule has 5 heteroatoms. The maximum absolute atomic E-state index is 6.01. The van der Waals surface area contributed by atoms with Crippen molar-refractivity contribution in [1.82, 2.24) is 14.8 Å². The first kappa shape index (κ1) is 13.1. The van der Waals surface area contributed by atoms with Crippen LogP contribution in [0.4, 0.5) is 11.5 Å². The van der Waals surface area contributed by atoms with Gasteiger partial charge in [0.25, 0.3) is 0 Å². The lowest BCUT2D eigenvalue weighted by molar-refractivity contribution is 0.122. The SMILES string of the molecule is Cc1ccnc(NCC2CN(C)CCN2C)c1N. The number of nitrogens with zero attached hydrogens (tertiary/aromatic N) is 3. The van der Waals surface area contributed by atoms with E-state index in [1.54, 1.807) is 6.20 Å². The van der Waals surface area contributed by atoms with Gasteiger partial charge in [-0.2, -0.15) is 0 Å². The lowest BCUT2D eigenvalue weighted by atomic mass is 10.2. The molecule has 3 N–H and O–H groups in total. The Morgan fingerprint density at radius 2 is 2.22 bits per heavy atom. The monoisotopic (exact) mass is 249 g/mol. The molecule has 1 saturated heterocycles. The van der Waals surface area contributed by atoms with Gasteiger partial charge in [0.2, 0.25) is 0 Å². The molecule has 100 valence electrons. The molecule has 1 fully saturated rings. The van der Waals surface area contributed by atoms with Crippen LogP contribution in [0.25, 0.3) is 0 Å². The Balaban J connectivity index is 1.96. The van der Waals surface area contributed by atoms with Crippen molar-refractivity contribution in [2.45, 2.75) is 13.0 Å². The van der Waals surface area contributed by atoms with Gasteiger partial charge in [-0.3, -0.25) is 4.90 Å². The third kappa shape index (κ3) is 2.91. The van der Waals surface area contributed by atoms with Crippen molar-refractivity contribution in [1.29, 1.82) is 0 Å². The lowest BCUT2D eigenvalue weighted by Crippen LogP contribution is -2.52. The fourth-order valence-corrected chi connectivity index (χ4v) is 2.25. The standard InChI is InChI=1S/C13H23N5/c1-10-4-5-15-13(12(10)14)16-8-11-9-17(2)6-7-18(11)3/h4-5,11H,6-9,14H2,1-3H3,(H,15,16). The van der Waals surface area contributed by atoms with E-state index in [4.69, 9.17) is 5.73 Å². The molecule has 1 aromatic rings. The summed E-state index contributed by atoms with van der Waals surface area (Å²) in [6.45, 7) is 6.21. The zero-order valence-corrected chi connectivity index (χ0v) is 11.5. The van der Waals surface area contributed by atoms with Crippen LogP contribution in [0.1, 0.15) is 5.56 Å². The Kier molecular flexibility index (Phi) is 4.04. The summed E-state index contributed by atoms with van der Waals surface area (Å²) in [6.07, 6.45) is 1.80. The molecular weight excluding hydrogens is 226 g/mol. The smallest absolute Gasteiger partial charge is 0.149 e. The summed E-state index contributed by atoms with van der Waals surface area (Å²) in [7, 11) is 4.34. The molecule has 0 spiro atoms. The normalized spacial score (nSPS) is 22.1. The molecule has 18 heavy (non-hydrogen) atoms. The Morgan fingerprint density at radius 1 is 1.44 bits per heavy atom. The summed E-state index contributed by atoms with van der Waals surface area (Å²) in [6, 6.07) is 2.44. The molecule has 1 atom stereocenters. The number of nitrogens with two attached hydrogens (primary N) is 1. The molecule has 0 aromatic carbocycles. The maximum atomic E-state index is 6.01. The fraction of sp³-hybridized carbons (Fsp3) is 0.615. The second kappa shape index (κ2) is 5.54. The summed E-state index contributed by atoms with van der Waals surface area (Å²) in [5.74, 6) is 0.802. The fourth-order valence-electron chi connectivity index (χ4n) is 2.25. The highest BCUT2D eigenvalue weighted by Gasteiger charge is 2.22. The Bertz CT molecular complexity index is 406. The maximum Gasteiger partial charge on any atom is 0.149 e. The average molecular weight is 249 g/mol. The van der Waals surface area contributed by atoms with Crippen molar-refractivity contribution in [3.8, 4) is 0 Å². The quantitative estimate of drug-likeness (QED) is 0.823. The minimum absolute atomic E-state index is 0.505. The highest BCUT2D eigenvalue weighted by Crippen LogP contribution is 2.19. The van der Waals surface area contributed by atoms with Crippen LogP contribution >= 0.6 is 0 Å². The molecule has 2 heterocycles. The molecule has 1 unspecified atom stereocenters. The van der Waals surface area contributed by atoms with Crippen LogP contribution in [0.3, 0.4) is 0 Å². The largest absolute Gasteiger partial charge is 0.396 e. The first-order valence-corrected chi connectivity index (χ1v) is 6.41. The Labute approximate surface area is 109 Å². The third-order valence-electron chi connectivity index (χ3n) is 3.69. The molecule has 0 aliphatic carbocycles. The van der Waals surface area contributed by atoms with Gasteiger partial charge in [0.15, 0.2) is 0 Å². The summed E-state index contributed by atoms with van der Waals surface area (Å²) >= 11 is 0. The number of aromatic nitrogens is 1. The van der Waals surface area contributed by atoms with Crippen molar-refractivity contribution in [3.05, 3.63) is 17.8 Å². The zero-order valence-electron chi connectivity index (χ0n) is 11.5. The Morgan fingerprint density at radius 3 is 3.00 bits per heavy atom. The van der Waals surface area contributed by atoms with Gasteiger partial charge in [-0.1, -0.05) is 0 Å². The first-order chi connectivity index (χ1) is 8.58. The van der Waals surface area contributed by atoms with Crippen LogP contribution < -0.4 is 11.1 Å². The van der Waals surface area contributed by atoms with E-state index in [1.165, 1.54) is 0 Å². The van der Waals surface area contributed by atoms with Crippen LogP contribution in [0.5, 0.6) is 0 Å². The molecule has 0 saturated carbocycles. The number of piperazine rings is 1. The Hall–Kier alpha value is -1.33. The second-order valence-electron chi connectivity index (χ2n) is 5.17. The van der Waals surface area contributed by atoms with Gasteiger partial charge in [0.05, 0.1) is 5.69 Å². The van der Waals surface area contributed by atoms with Crippen molar-refractivity contribution < 1.29 is 0 Å². The van der Waals surface area contributed by atoms with Crippen LogP contribution in [0, 0.1) is 6.92 Å². The summed E-state index contributed by atoms with van der Waals surface area (Å²) in [5, 5.41) is 3.37. The molecule has 0 amide bonds. The summed E-state index contributed by atoms with van der Waals surface area (Å²) in [5.41, 5.74) is 7.84. The first-order valence-electron chi connectivity index (χ1n) is 6.41. The molecule has 1 aliphatic rings. The highest BCUT2D eigenvalue weighted by molar-refractivity contribution is 5.64. The molecule has 1 aromatic heterocycles. The van der Waals surface area contributed by atoms with E-state index < -0.39 is 0 Å². The van der Waals surface area contributed by atoms with Crippen molar-refractivity contribution in [2.24, 2.45) is 0 Å². The number of nitrogens with one attached hydrogen (secondary N) is 1. The van der Waals surface area contributed by atoms with Gasteiger partial charge in [-0.15, -0.1) is 0 Å². The number of nitrogen functional groups attached to an aromatic ring is 1. The molecule has 2 rings (SSSR count). The van der Waals surface area contributed by atoms with Crippen molar-refractivity contribution in [2.75, 3.05) is 51.3 Å². The predicted octanol–water partition coefficient (Wildman–Crippen LogP) is 0.630. The average Bonchev–Trinajstić information content (AvgIpc) is 2.35. The molecular formula is C13H23N5. The number of anilines is 2. The van der Waals surface area contributed by atoms with Gasteiger partial charge in [0.1, 0.15) is 5.82 Å². The summed E-state index contributed by atoms with van der Waals surface area (Å²) < 4.78 is 0. The van der Waals surface area contributed by atoms with Gasteiger partial charge in [-0.05, 0) is 32.6 Å². The van der Waals surface area contributed by atoms with Gasteiger partial charge >= 0.3 is 0 Å². The number of hydrogen-bond acceptors (Lipinski definition) is 5. The van der Waals surface area contributed by atoms with Gasteiger partial charge in [-0.25, -0.2) is 4.98 Å². The zero-order chi connectivity index (χ0) is 13.1. The topological polar surface area (TPSA) is 57.4 Å². The van der Waals surface area contributed by atoms with Crippen molar-refractivity contribution in [3.63, 3.8) is 0 Å². The van der Waals surface area contributed by atoms with E-state index in [-0.39, 0.29) is 0 Å². The highest BCUT2D eigenvalue weighted by atomic mass is 15.3. The van der Waals surface area contributed by atoms with E-state index in [0.29, 0.717) is 6.04 Å². The van der Waals surface area contributed by atoms with E-state index in [9.17, 15) is 0 Å². The van der Waals surface area contributed by atoms with E-state index in [0.717, 1.165) is 43.2 Å². The summed E-state index contributed by atoms with van der Waals surface area (Å²) in [4.78, 5) is 9.05. The van der Waals surface area contributed by atoms with Crippen molar-refractivity contribution >= 4 is 11.5 Å². The third-order valence-corrected chi connectivity index (χ3v) is 3.69. The number of aryl methyl sites for hydroxylation is 1. The molecule has 0 bridgehead atoms. The number of pyridine rings is 1. The second-order valence-corrected chi connectivity index (χ2v) is 5.17. The van der Waals surface area contributed by atoms with Crippen LogP contribution in [0.2, 0.25) is 0 Å².